The summed E-state index contributed by atoms with van der Waals surface area (Å²) in [6.45, 7) is 0.545. The van der Waals surface area contributed by atoms with Crippen LogP contribution < -0.4 is 5.73 Å². The number of hydrogen-bond donors (Lipinski definition) is 3. The van der Waals surface area contributed by atoms with Crippen molar-refractivity contribution < 1.29 is 14.4 Å². The molecule has 0 spiro atoms. The van der Waals surface area contributed by atoms with Crippen molar-refractivity contribution in [3.05, 3.63) is 75.8 Å². The first-order chi connectivity index (χ1) is 13.2. The van der Waals surface area contributed by atoms with Crippen molar-refractivity contribution in [3.63, 3.8) is 0 Å². The van der Waals surface area contributed by atoms with Gasteiger partial charge in [-0.2, -0.15) is 0 Å². The van der Waals surface area contributed by atoms with Crippen molar-refractivity contribution in [2.24, 2.45) is 0 Å². The molecule has 1 heterocycles. The van der Waals surface area contributed by atoms with Gasteiger partial charge in [0.25, 0.3) is 0 Å². The van der Waals surface area contributed by atoms with Crippen LogP contribution in [0.15, 0.2) is 54.6 Å². The summed E-state index contributed by atoms with van der Waals surface area (Å²) in [4.78, 5) is 18.3. The predicted octanol–water partition coefficient (Wildman–Crippen LogP) is 5.41. The fourth-order valence-corrected chi connectivity index (χ4v) is 4.63. The van der Waals surface area contributed by atoms with Gasteiger partial charge < -0.3 is 20.1 Å². The average molecular weight is 435 g/mol. The molecule has 8 heteroatoms. The second-order valence-electron chi connectivity index (χ2n) is 6.78. The first kappa shape index (κ1) is 19.3. The van der Waals surface area contributed by atoms with Crippen LogP contribution in [-0.2, 0) is 17.3 Å². The highest BCUT2D eigenvalue weighted by molar-refractivity contribution is 7.50. The second-order valence-corrected chi connectivity index (χ2v) is 9.30. The lowest BCUT2D eigenvalue weighted by molar-refractivity contribution is 0.371. The van der Waals surface area contributed by atoms with Crippen molar-refractivity contribution in [3.8, 4) is 0 Å². The molecule has 4 rings (SSSR count). The van der Waals surface area contributed by atoms with Gasteiger partial charge in [-0.05, 0) is 41.5 Å². The van der Waals surface area contributed by atoms with Crippen molar-refractivity contribution in [2.45, 2.75) is 12.7 Å². The number of rotatable bonds is 4. The Morgan fingerprint density at radius 3 is 2.21 bits per heavy atom. The van der Waals surface area contributed by atoms with E-state index in [0.717, 1.165) is 27.4 Å². The summed E-state index contributed by atoms with van der Waals surface area (Å²) in [5.74, 6) is 0. The minimum Gasteiger partial charge on any atom is -0.397 e. The van der Waals surface area contributed by atoms with E-state index >= 15 is 0 Å². The molecule has 1 aromatic heterocycles. The number of aromatic nitrogens is 1. The fourth-order valence-electron chi connectivity index (χ4n) is 3.54. The van der Waals surface area contributed by atoms with Crippen LogP contribution in [0.3, 0.4) is 0 Å². The third-order valence-electron chi connectivity index (χ3n) is 4.67. The monoisotopic (exact) mass is 434 g/mol. The smallest absolute Gasteiger partial charge is 0.329 e. The van der Waals surface area contributed by atoms with E-state index in [0.29, 0.717) is 27.8 Å². The first-order valence-electron chi connectivity index (χ1n) is 8.50. The van der Waals surface area contributed by atoms with E-state index in [2.05, 4.69) is 4.57 Å². The number of halogens is 2. The number of fused-ring (bicyclic) bond motifs is 3. The number of nitrogens with two attached hydrogens (primary N) is 1. The zero-order valence-corrected chi connectivity index (χ0v) is 17.0. The molecule has 0 aliphatic heterocycles. The van der Waals surface area contributed by atoms with E-state index in [1.165, 1.54) is 0 Å². The minimum atomic E-state index is -4.09. The summed E-state index contributed by atoms with van der Waals surface area (Å²) in [5.41, 5.74) is 10.3. The van der Waals surface area contributed by atoms with E-state index in [1.807, 2.05) is 36.4 Å². The molecule has 0 atom stereocenters. The number of nitrogens with zero attached hydrogens (tertiary/aromatic N) is 1. The third kappa shape index (κ3) is 3.77. The SMILES string of the molecule is Nc1cc(Cl)cc2c3cc(Cl)ccc3n(Cc3ccc(CP(=O)(O)O)cc3)c12. The highest BCUT2D eigenvalue weighted by Crippen LogP contribution is 2.39. The van der Waals surface area contributed by atoms with Crippen LogP contribution in [-0.4, -0.2) is 14.4 Å². The normalized spacial score (nSPS) is 12.1. The number of anilines is 1. The van der Waals surface area contributed by atoms with Crippen LogP contribution in [0, 0.1) is 0 Å². The molecule has 0 saturated carbocycles. The zero-order chi connectivity index (χ0) is 20.1. The highest BCUT2D eigenvalue weighted by Gasteiger charge is 2.16. The van der Waals surface area contributed by atoms with Gasteiger partial charge in [-0.3, -0.25) is 4.57 Å². The number of hydrogen-bond acceptors (Lipinski definition) is 2. The Labute approximate surface area is 171 Å². The van der Waals surface area contributed by atoms with Crippen LogP contribution in [0.1, 0.15) is 11.1 Å². The largest absolute Gasteiger partial charge is 0.397 e. The molecule has 5 nitrogen and oxygen atoms in total. The topological polar surface area (TPSA) is 88.5 Å². The summed E-state index contributed by atoms with van der Waals surface area (Å²) in [7, 11) is -4.09. The van der Waals surface area contributed by atoms with Crippen molar-refractivity contribution in [1.82, 2.24) is 4.57 Å². The molecule has 0 unspecified atom stereocenters. The summed E-state index contributed by atoms with van der Waals surface area (Å²) in [6, 6.07) is 16.5. The van der Waals surface area contributed by atoms with E-state index in [9.17, 15) is 4.57 Å². The van der Waals surface area contributed by atoms with Gasteiger partial charge in [0.15, 0.2) is 0 Å². The van der Waals surface area contributed by atoms with Gasteiger partial charge in [-0.1, -0.05) is 47.5 Å². The molecule has 0 aliphatic carbocycles. The summed E-state index contributed by atoms with van der Waals surface area (Å²) < 4.78 is 13.3. The van der Waals surface area contributed by atoms with E-state index < -0.39 is 7.60 Å². The van der Waals surface area contributed by atoms with Crippen LogP contribution in [0.25, 0.3) is 21.8 Å². The first-order valence-corrected chi connectivity index (χ1v) is 11.1. The maximum atomic E-state index is 11.2. The van der Waals surface area contributed by atoms with Gasteiger partial charge in [-0.25, -0.2) is 0 Å². The number of benzene rings is 3. The molecule has 3 aromatic carbocycles. The van der Waals surface area contributed by atoms with E-state index in [1.54, 1.807) is 18.2 Å². The van der Waals surface area contributed by atoms with Crippen LogP contribution in [0.5, 0.6) is 0 Å². The highest BCUT2D eigenvalue weighted by atomic mass is 35.5. The van der Waals surface area contributed by atoms with Crippen molar-refractivity contribution in [1.29, 1.82) is 0 Å². The van der Waals surface area contributed by atoms with Crippen molar-refractivity contribution in [2.75, 3.05) is 5.73 Å². The Hall–Kier alpha value is -2.01. The molecule has 0 amide bonds. The van der Waals surface area contributed by atoms with Crippen LogP contribution in [0.4, 0.5) is 5.69 Å². The van der Waals surface area contributed by atoms with E-state index in [-0.39, 0.29) is 6.16 Å². The molecule has 4 aromatic rings. The Bertz CT molecular complexity index is 1250. The Balaban J connectivity index is 1.83. The van der Waals surface area contributed by atoms with Gasteiger partial charge in [0.1, 0.15) is 0 Å². The van der Waals surface area contributed by atoms with Gasteiger partial charge in [-0.15, -0.1) is 0 Å². The Kier molecular flexibility index (Phi) is 4.90. The molecule has 0 fully saturated rings. The number of nitrogen functional groups attached to an aromatic ring is 1. The third-order valence-corrected chi connectivity index (χ3v) is 5.90. The van der Waals surface area contributed by atoms with Crippen molar-refractivity contribution >= 4 is 58.3 Å². The molecule has 144 valence electrons. The molecule has 0 aliphatic rings. The standard InChI is InChI=1S/C20H17Cl2N2O3P/c21-14-5-6-19-16(7-14)17-8-15(22)9-18(23)20(17)24(19)10-12-1-3-13(4-2-12)11-28(25,26)27/h1-9H,10-11,23H2,(H2,25,26,27). The quantitative estimate of drug-likeness (QED) is 0.296. The lowest BCUT2D eigenvalue weighted by Crippen LogP contribution is -2.02. The Morgan fingerprint density at radius 1 is 0.893 bits per heavy atom. The van der Waals surface area contributed by atoms with Gasteiger partial charge in [0.2, 0.25) is 0 Å². The fraction of sp³-hybridized carbons (Fsp3) is 0.100. The molecule has 0 radical (unpaired) electrons. The molecule has 4 N–H and O–H groups in total. The van der Waals surface area contributed by atoms with Crippen LogP contribution in [0.2, 0.25) is 10.0 Å². The summed E-state index contributed by atoms with van der Waals surface area (Å²) >= 11 is 12.4. The molecule has 0 saturated heterocycles. The second kappa shape index (κ2) is 7.11. The van der Waals surface area contributed by atoms with E-state index in [4.69, 9.17) is 38.7 Å². The maximum absolute atomic E-state index is 11.2. The summed E-state index contributed by atoms with van der Waals surface area (Å²) in [6.07, 6.45) is -0.271. The average Bonchev–Trinajstić information content (AvgIpc) is 2.89. The Morgan fingerprint density at radius 2 is 1.54 bits per heavy atom. The zero-order valence-electron chi connectivity index (χ0n) is 14.6. The molecule has 0 bridgehead atoms. The van der Waals surface area contributed by atoms with Gasteiger partial charge in [0.05, 0.1) is 17.4 Å². The molecular formula is C20H17Cl2N2O3P. The lowest BCUT2D eigenvalue weighted by Gasteiger charge is -2.11. The molecule has 28 heavy (non-hydrogen) atoms. The van der Waals surface area contributed by atoms with Gasteiger partial charge >= 0.3 is 7.60 Å². The van der Waals surface area contributed by atoms with Gasteiger partial charge in [0, 0.05) is 32.9 Å². The predicted molar refractivity (Wildman–Crippen MR) is 115 cm³/mol. The lowest BCUT2D eigenvalue weighted by atomic mass is 10.1. The van der Waals surface area contributed by atoms with Crippen LogP contribution >= 0.6 is 30.8 Å². The summed E-state index contributed by atoms with van der Waals surface area (Å²) in [5, 5.41) is 3.09. The molecular weight excluding hydrogens is 418 g/mol. The maximum Gasteiger partial charge on any atom is 0.329 e. The minimum absolute atomic E-state index is 0.271.